The van der Waals surface area contributed by atoms with E-state index in [1.807, 2.05) is 0 Å². The summed E-state index contributed by atoms with van der Waals surface area (Å²) in [5.41, 5.74) is 0.474. The second-order valence-corrected chi connectivity index (χ2v) is 5.09. The molecule has 1 aromatic carbocycles. The van der Waals surface area contributed by atoms with Crippen LogP contribution in [-0.2, 0) is 10.1 Å². The van der Waals surface area contributed by atoms with Gasteiger partial charge in [0.1, 0.15) is 0 Å². The molecular formula is C10H8NNaO5S. The molecule has 1 aliphatic rings. The van der Waals surface area contributed by atoms with E-state index < -0.39 is 34.2 Å². The van der Waals surface area contributed by atoms with Gasteiger partial charge in [-0.3, -0.25) is 14.5 Å². The number of amides is 2. The molecule has 6 nitrogen and oxygen atoms in total. The second-order valence-electron chi connectivity index (χ2n) is 3.57. The standard InChI is InChI=1S/C10H9NO5S.Na/c12-9-7-3-1-2-4-8(7)10(13)11(9)5-6-17(14,15)16;/h1-4H,5-6H2,(H,14,15,16);/q;+1/p-1. The van der Waals surface area contributed by atoms with Gasteiger partial charge in [-0.05, 0) is 12.1 Å². The third-order valence-electron chi connectivity index (χ3n) is 2.44. The van der Waals surface area contributed by atoms with Gasteiger partial charge < -0.3 is 4.55 Å². The second kappa shape index (κ2) is 5.50. The number of nitrogens with zero attached hydrogens (tertiary/aromatic N) is 1. The molecular weight excluding hydrogens is 269 g/mol. The quantitative estimate of drug-likeness (QED) is 0.330. The number of hydrogen-bond acceptors (Lipinski definition) is 5. The maximum atomic E-state index is 11.7. The van der Waals surface area contributed by atoms with Gasteiger partial charge in [0.25, 0.3) is 11.8 Å². The molecule has 0 spiro atoms. The van der Waals surface area contributed by atoms with Crippen LogP contribution in [0.4, 0.5) is 0 Å². The number of fused-ring (bicyclic) bond motifs is 1. The molecule has 1 aliphatic heterocycles. The molecule has 2 rings (SSSR count). The van der Waals surface area contributed by atoms with Gasteiger partial charge in [-0.1, -0.05) is 12.1 Å². The Labute approximate surface area is 126 Å². The zero-order valence-corrected chi connectivity index (χ0v) is 12.4. The van der Waals surface area contributed by atoms with Gasteiger partial charge in [-0.2, -0.15) is 0 Å². The maximum absolute atomic E-state index is 11.7. The van der Waals surface area contributed by atoms with Crippen LogP contribution in [0.1, 0.15) is 20.7 Å². The number of hydrogen-bond donors (Lipinski definition) is 0. The van der Waals surface area contributed by atoms with E-state index in [2.05, 4.69) is 0 Å². The average molecular weight is 277 g/mol. The van der Waals surface area contributed by atoms with Gasteiger partial charge in [-0.15, -0.1) is 0 Å². The summed E-state index contributed by atoms with van der Waals surface area (Å²) in [6.07, 6.45) is 0. The van der Waals surface area contributed by atoms with E-state index in [0.717, 1.165) is 4.90 Å². The molecule has 0 aromatic heterocycles. The Balaban J connectivity index is 0.00000162. The minimum absolute atomic E-state index is 0. The van der Waals surface area contributed by atoms with Gasteiger partial charge in [0.15, 0.2) is 0 Å². The van der Waals surface area contributed by atoms with Crippen molar-refractivity contribution in [3.63, 3.8) is 0 Å². The summed E-state index contributed by atoms with van der Waals surface area (Å²) < 4.78 is 31.4. The van der Waals surface area contributed by atoms with E-state index in [1.165, 1.54) is 12.1 Å². The topological polar surface area (TPSA) is 94.6 Å². The van der Waals surface area contributed by atoms with E-state index in [9.17, 15) is 22.6 Å². The number of rotatable bonds is 3. The number of carbonyl (C=O) groups excluding carboxylic acids is 2. The van der Waals surface area contributed by atoms with E-state index >= 15 is 0 Å². The summed E-state index contributed by atoms with van der Waals surface area (Å²) in [5.74, 6) is -1.89. The van der Waals surface area contributed by atoms with Crippen LogP contribution in [0.3, 0.4) is 0 Å². The Kier molecular flexibility index (Phi) is 4.68. The summed E-state index contributed by atoms with van der Waals surface area (Å²) in [5, 5.41) is 0. The SMILES string of the molecule is O=C1c2ccccc2C(=O)N1CCS(=O)(=O)[O-].[Na+]. The van der Waals surface area contributed by atoms with Crippen molar-refractivity contribution in [3.05, 3.63) is 35.4 Å². The molecule has 8 heteroatoms. The number of carbonyl (C=O) groups is 2. The molecule has 2 amide bonds. The Morgan fingerprint density at radius 2 is 1.50 bits per heavy atom. The maximum Gasteiger partial charge on any atom is 1.00 e. The Hall–Kier alpha value is -0.730. The fourth-order valence-corrected chi connectivity index (χ4v) is 2.05. The normalized spacial score (nSPS) is 14.4. The predicted molar refractivity (Wildman–Crippen MR) is 56.4 cm³/mol. The molecule has 18 heavy (non-hydrogen) atoms. The third-order valence-corrected chi connectivity index (χ3v) is 3.13. The van der Waals surface area contributed by atoms with Gasteiger partial charge in [-0.25, -0.2) is 8.42 Å². The summed E-state index contributed by atoms with van der Waals surface area (Å²) in [7, 11) is -4.44. The molecule has 0 radical (unpaired) electrons. The molecule has 0 saturated carbocycles. The zero-order chi connectivity index (χ0) is 12.6. The average Bonchev–Trinajstić information content (AvgIpc) is 2.49. The van der Waals surface area contributed by atoms with Crippen LogP contribution in [0.15, 0.2) is 24.3 Å². The van der Waals surface area contributed by atoms with Crippen LogP contribution in [0, 0.1) is 0 Å². The molecule has 0 bridgehead atoms. The number of imide groups is 1. The molecule has 90 valence electrons. The molecule has 0 saturated heterocycles. The van der Waals surface area contributed by atoms with Crippen LogP contribution in [0.5, 0.6) is 0 Å². The summed E-state index contributed by atoms with van der Waals surface area (Å²) in [6.45, 7) is -0.405. The molecule has 0 fully saturated rings. The van der Waals surface area contributed by atoms with Crippen LogP contribution in [0.2, 0.25) is 0 Å². The molecule has 1 aromatic rings. The van der Waals surface area contributed by atoms with Gasteiger partial charge in [0.2, 0.25) is 0 Å². The monoisotopic (exact) mass is 277 g/mol. The molecule has 0 aliphatic carbocycles. The first-order chi connectivity index (χ1) is 7.90. The minimum atomic E-state index is -4.44. The van der Waals surface area contributed by atoms with E-state index in [1.54, 1.807) is 12.1 Å². The first-order valence-corrected chi connectivity index (χ1v) is 6.37. The van der Waals surface area contributed by atoms with Crippen molar-refractivity contribution < 1.29 is 52.1 Å². The van der Waals surface area contributed by atoms with Crippen molar-refractivity contribution in [1.29, 1.82) is 0 Å². The molecule has 0 N–H and O–H groups in total. The van der Waals surface area contributed by atoms with E-state index in [4.69, 9.17) is 0 Å². The van der Waals surface area contributed by atoms with Crippen LogP contribution in [-0.4, -0.2) is 42.0 Å². The summed E-state index contributed by atoms with van der Waals surface area (Å²) in [4.78, 5) is 24.2. The number of benzene rings is 1. The Morgan fingerprint density at radius 3 is 1.89 bits per heavy atom. The van der Waals surface area contributed by atoms with Crippen molar-refractivity contribution in [3.8, 4) is 0 Å². The van der Waals surface area contributed by atoms with Crippen LogP contribution >= 0.6 is 0 Å². The summed E-state index contributed by atoms with van der Waals surface area (Å²) in [6, 6.07) is 6.19. The first kappa shape index (κ1) is 15.3. The van der Waals surface area contributed by atoms with E-state index in [0.29, 0.717) is 0 Å². The Bertz CT molecular complexity index is 563. The van der Waals surface area contributed by atoms with Crippen molar-refractivity contribution in [2.45, 2.75) is 0 Å². The van der Waals surface area contributed by atoms with Crippen molar-refractivity contribution in [2.75, 3.05) is 12.3 Å². The zero-order valence-electron chi connectivity index (χ0n) is 9.62. The minimum Gasteiger partial charge on any atom is -0.748 e. The van der Waals surface area contributed by atoms with Gasteiger partial charge in [0.05, 0.1) is 27.0 Å². The van der Waals surface area contributed by atoms with Gasteiger partial charge >= 0.3 is 29.6 Å². The van der Waals surface area contributed by atoms with Crippen molar-refractivity contribution in [2.24, 2.45) is 0 Å². The smallest absolute Gasteiger partial charge is 0.748 e. The first-order valence-electron chi connectivity index (χ1n) is 4.79. The molecule has 1 heterocycles. The largest absolute Gasteiger partial charge is 1.00 e. The molecule has 0 unspecified atom stereocenters. The predicted octanol–water partition coefficient (Wildman–Crippen LogP) is -3.17. The Morgan fingerprint density at radius 1 is 1.06 bits per heavy atom. The third kappa shape index (κ3) is 2.99. The van der Waals surface area contributed by atoms with Gasteiger partial charge in [0, 0.05) is 6.54 Å². The fourth-order valence-electron chi connectivity index (χ4n) is 1.65. The van der Waals surface area contributed by atoms with Crippen molar-refractivity contribution in [1.82, 2.24) is 4.90 Å². The van der Waals surface area contributed by atoms with Crippen LogP contribution in [0.25, 0.3) is 0 Å². The van der Waals surface area contributed by atoms with E-state index in [-0.39, 0.29) is 40.7 Å². The summed E-state index contributed by atoms with van der Waals surface area (Å²) >= 11 is 0. The molecule has 0 atom stereocenters. The van der Waals surface area contributed by atoms with Crippen molar-refractivity contribution >= 4 is 21.9 Å². The van der Waals surface area contributed by atoms with Crippen LogP contribution < -0.4 is 29.6 Å². The fraction of sp³-hybridized carbons (Fsp3) is 0.200.